The average Bonchev–Trinajstić information content (AvgIpc) is 2.42. The van der Waals surface area contributed by atoms with Gasteiger partial charge in [0.25, 0.3) is 5.24 Å². The Morgan fingerprint density at radius 1 is 1.10 bits per heavy atom. The number of amides is 1. The van der Waals surface area contributed by atoms with E-state index in [4.69, 9.17) is 0 Å². The zero-order chi connectivity index (χ0) is 14.4. The van der Waals surface area contributed by atoms with Crippen molar-refractivity contribution in [1.29, 1.82) is 0 Å². The molecule has 0 saturated carbocycles. The van der Waals surface area contributed by atoms with Gasteiger partial charge in [0, 0.05) is 17.5 Å². The molecule has 0 unspecified atom stereocenters. The summed E-state index contributed by atoms with van der Waals surface area (Å²) in [5, 5.41) is 2.49. The summed E-state index contributed by atoms with van der Waals surface area (Å²) in [6.45, 7) is 0.307. The number of hydrogen-bond donors (Lipinski definition) is 1. The number of hydrogen-bond acceptors (Lipinski definition) is 2. The molecule has 1 amide bonds. The van der Waals surface area contributed by atoms with Gasteiger partial charge in [-0.1, -0.05) is 24.3 Å². The van der Waals surface area contributed by atoms with E-state index in [1.165, 1.54) is 12.1 Å². The van der Waals surface area contributed by atoms with Crippen molar-refractivity contribution in [3.8, 4) is 0 Å². The first-order valence-corrected chi connectivity index (χ1v) is 6.91. The normalized spacial score (nSPS) is 10.3. The smallest absolute Gasteiger partial charge is 0.283 e. The fourth-order valence-corrected chi connectivity index (χ4v) is 2.34. The van der Waals surface area contributed by atoms with Gasteiger partial charge in [-0.3, -0.25) is 4.79 Å². The van der Waals surface area contributed by atoms with Crippen molar-refractivity contribution in [2.24, 2.45) is 0 Å². The molecule has 0 fully saturated rings. The van der Waals surface area contributed by atoms with Crippen LogP contribution in [0.2, 0.25) is 0 Å². The first kappa shape index (κ1) is 14.5. The van der Waals surface area contributed by atoms with Gasteiger partial charge in [-0.15, -0.1) is 0 Å². The van der Waals surface area contributed by atoms with Crippen molar-refractivity contribution in [2.75, 3.05) is 6.54 Å². The van der Waals surface area contributed by atoms with Crippen LogP contribution in [0, 0.1) is 11.6 Å². The largest absolute Gasteiger partial charge is 0.346 e. The van der Waals surface area contributed by atoms with Gasteiger partial charge in [-0.25, -0.2) is 8.78 Å². The van der Waals surface area contributed by atoms with Gasteiger partial charge in [0.15, 0.2) is 0 Å². The van der Waals surface area contributed by atoms with Crippen molar-refractivity contribution in [1.82, 2.24) is 5.32 Å². The molecule has 0 aliphatic rings. The maximum Gasteiger partial charge on any atom is 0.283 e. The maximum absolute atomic E-state index is 13.4. The van der Waals surface area contributed by atoms with Crippen LogP contribution in [0.4, 0.5) is 13.6 Å². The van der Waals surface area contributed by atoms with E-state index >= 15 is 0 Å². The van der Waals surface area contributed by atoms with Crippen molar-refractivity contribution in [3.05, 3.63) is 65.7 Å². The molecular weight excluding hydrogens is 280 g/mol. The predicted molar refractivity (Wildman–Crippen MR) is 75.8 cm³/mol. The monoisotopic (exact) mass is 293 g/mol. The first-order valence-electron chi connectivity index (χ1n) is 6.10. The Kier molecular flexibility index (Phi) is 5.12. The van der Waals surface area contributed by atoms with Crippen LogP contribution in [0.3, 0.4) is 0 Å². The number of thioether (sulfide) groups is 1. The number of halogens is 2. The highest BCUT2D eigenvalue weighted by atomic mass is 32.2. The van der Waals surface area contributed by atoms with Crippen molar-refractivity contribution < 1.29 is 13.6 Å². The molecule has 2 nitrogen and oxygen atoms in total. The zero-order valence-electron chi connectivity index (χ0n) is 10.6. The molecule has 0 aromatic heterocycles. The lowest BCUT2D eigenvalue weighted by Crippen LogP contribution is -2.21. The highest BCUT2D eigenvalue weighted by Gasteiger charge is 2.06. The van der Waals surface area contributed by atoms with E-state index in [2.05, 4.69) is 5.32 Å². The Balaban J connectivity index is 1.79. The first-order chi connectivity index (χ1) is 9.65. The van der Waals surface area contributed by atoms with E-state index in [9.17, 15) is 13.6 Å². The van der Waals surface area contributed by atoms with Crippen molar-refractivity contribution in [2.45, 2.75) is 11.3 Å². The Morgan fingerprint density at radius 3 is 2.55 bits per heavy atom. The quantitative estimate of drug-likeness (QED) is 0.863. The lowest BCUT2D eigenvalue weighted by Gasteiger charge is -2.06. The fraction of sp³-hybridized carbons (Fsp3) is 0.133. The van der Waals surface area contributed by atoms with E-state index in [-0.39, 0.29) is 5.24 Å². The molecular formula is C15H13F2NOS. The molecule has 1 N–H and O–H groups in total. The van der Waals surface area contributed by atoms with Gasteiger partial charge in [-0.05, 0) is 41.9 Å². The van der Waals surface area contributed by atoms with Crippen molar-refractivity contribution in [3.63, 3.8) is 0 Å². The van der Waals surface area contributed by atoms with Crippen LogP contribution in [0.1, 0.15) is 5.56 Å². The van der Waals surface area contributed by atoms with Gasteiger partial charge < -0.3 is 5.32 Å². The van der Waals surface area contributed by atoms with Gasteiger partial charge in [0.2, 0.25) is 0 Å². The Morgan fingerprint density at radius 2 is 1.85 bits per heavy atom. The number of rotatable bonds is 4. The van der Waals surface area contributed by atoms with Gasteiger partial charge >= 0.3 is 0 Å². The minimum atomic E-state index is -0.602. The van der Waals surface area contributed by atoms with Crippen LogP contribution in [0.5, 0.6) is 0 Å². The second-order valence-electron chi connectivity index (χ2n) is 4.12. The second-order valence-corrected chi connectivity index (χ2v) is 5.16. The molecule has 0 aliphatic heterocycles. The molecule has 0 aliphatic carbocycles. The van der Waals surface area contributed by atoms with Crippen molar-refractivity contribution >= 4 is 17.0 Å². The van der Waals surface area contributed by atoms with Gasteiger partial charge in [0.1, 0.15) is 11.6 Å². The summed E-state index contributed by atoms with van der Waals surface area (Å²) >= 11 is 1.08. The molecule has 0 spiro atoms. The summed E-state index contributed by atoms with van der Waals surface area (Å²) in [5.41, 5.74) is 0.386. The second kappa shape index (κ2) is 7.05. The number of benzene rings is 2. The van der Waals surface area contributed by atoms with E-state index < -0.39 is 11.6 Å². The third-order valence-corrected chi connectivity index (χ3v) is 3.47. The standard InChI is InChI=1S/C15H13F2NOS/c16-12-7-6-11(14(17)10-12)8-9-18-15(19)20-13-4-2-1-3-5-13/h1-7,10H,8-9H2,(H,18,19). The summed E-state index contributed by atoms with van der Waals surface area (Å²) in [6.07, 6.45) is 0.327. The molecule has 104 valence electrons. The Bertz CT molecular complexity index is 590. The van der Waals surface area contributed by atoms with Crippen LogP contribution >= 0.6 is 11.8 Å². The fourth-order valence-electron chi connectivity index (χ4n) is 1.66. The topological polar surface area (TPSA) is 29.1 Å². The highest BCUT2D eigenvalue weighted by Crippen LogP contribution is 2.17. The van der Waals surface area contributed by atoms with E-state index in [0.29, 0.717) is 18.5 Å². The Hall–Kier alpha value is -1.88. The lowest BCUT2D eigenvalue weighted by atomic mass is 10.1. The number of carbonyl (C=O) groups is 1. The van der Waals surface area contributed by atoms with Gasteiger partial charge in [-0.2, -0.15) is 0 Å². The summed E-state index contributed by atoms with van der Waals surface area (Å²) in [5.74, 6) is -1.19. The van der Waals surface area contributed by atoms with E-state index in [0.717, 1.165) is 22.7 Å². The minimum Gasteiger partial charge on any atom is -0.346 e. The van der Waals surface area contributed by atoms with Crippen LogP contribution in [-0.2, 0) is 6.42 Å². The third-order valence-electron chi connectivity index (χ3n) is 2.63. The zero-order valence-corrected chi connectivity index (χ0v) is 11.4. The molecule has 0 saturated heterocycles. The summed E-state index contributed by atoms with van der Waals surface area (Å²) in [7, 11) is 0. The van der Waals surface area contributed by atoms with Gasteiger partial charge in [0.05, 0.1) is 0 Å². The summed E-state index contributed by atoms with van der Waals surface area (Å²) in [6, 6.07) is 12.7. The maximum atomic E-state index is 13.4. The average molecular weight is 293 g/mol. The molecule has 0 radical (unpaired) electrons. The minimum absolute atomic E-state index is 0.196. The molecule has 0 atom stereocenters. The van der Waals surface area contributed by atoms with Crippen LogP contribution < -0.4 is 5.32 Å². The Labute approximate surface area is 120 Å². The predicted octanol–water partition coefficient (Wildman–Crippen LogP) is 4.01. The molecule has 0 heterocycles. The third kappa shape index (κ3) is 4.35. The lowest BCUT2D eigenvalue weighted by molar-refractivity contribution is 0.261. The van der Waals surface area contributed by atoms with E-state index in [1.807, 2.05) is 30.3 Å². The number of carbonyl (C=O) groups excluding carboxylic acids is 1. The highest BCUT2D eigenvalue weighted by molar-refractivity contribution is 8.13. The van der Waals surface area contributed by atoms with E-state index in [1.54, 1.807) is 0 Å². The molecule has 2 rings (SSSR count). The van der Waals surface area contributed by atoms with Crippen LogP contribution in [-0.4, -0.2) is 11.8 Å². The molecule has 5 heteroatoms. The molecule has 2 aromatic carbocycles. The summed E-state index contributed by atoms with van der Waals surface area (Å²) in [4.78, 5) is 12.5. The molecule has 0 bridgehead atoms. The molecule has 2 aromatic rings. The van der Waals surface area contributed by atoms with Crippen LogP contribution in [0.25, 0.3) is 0 Å². The number of nitrogens with one attached hydrogen (secondary N) is 1. The summed E-state index contributed by atoms with van der Waals surface area (Å²) < 4.78 is 26.1. The molecule has 20 heavy (non-hydrogen) atoms. The SMILES string of the molecule is O=C(NCCc1ccc(F)cc1F)Sc1ccccc1. The van der Waals surface area contributed by atoms with Crippen LogP contribution in [0.15, 0.2) is 53.4 Å².